The highest BCUT2D eigenvalue weighted by Crippen LogP contribution is 2.37. The van der Waals surface area contributed by atoms with Crippen molar-refractivity contribution in [2.75, 3.05) is 20.3 Å². The molecule has 11 heteroatoms. The van der Waals surface area contributed by atoms with Gasteiger partial charge in [0.15, 0.2) is 16.3 Å². The monoisotopic (exact) mass is 702 g/mol. The number of benzene rings is 2. The number of hydrogen-bond donors (Lipinski definition) is 0. The van der Waals surface area contributed by atoms with Crippen LogP contribution in [0.25, 0.3) is 6.08 Å². The van der Waals surface area contributed by atoms with Crippen LogP contribution < -0.4 is 29.1 Å². The van der Waals surface area contributed by atoms with Crippen LogP contribution in [0.4, 0.5) is 0 Å². The van der Waals surface area contributed by atoms with Gasteiger partial charge in [0, 0.05) is 10.0 Å². The van der Waals surface area contributed by atoms with Gasteiger partial charge >= 0.3 is 5.97 Å². The Balaban J connectivity index is 1.97. The third-order valence-corrected chi connectivity index (χ3v) is 8.04. The van der Waals surface area contributed by atoms with E-state index in [2.05, 4.69) is 42.8 Å². The first-order valence-corrected chi connectivity index (χ1v) is 15.1. The van der Waals surface area contributed by atoms with Crippen LogP contribution >= 0.6 is 43.2 Å². The second-order valence-electron chi connectivity index (χ2n) is 9.18. The van der Waals surface area contributed by atoms with E-state index in [0.29, 0.717) is 47.9 Å². The summed E-state index contributed by atoms with van der Waals surface area (Å²) in [6.07, 6.45) is 7.07. The maximum absolute atomic E-state index is 14.1. The van der Waals surface area contributed by atoms with E-state index >= 15 is 0 Å². The number of aromatic nitrogens is 1. The zero-order valence-electron chi connectivity index (χ0n) is 23.1. The zero-order chi connectivity index (χ0) is 29.8. The molecule has 2 aromatic carbocycles. The van der Waals surface area contributed by atoms with Gasteiger partial charge in [-0.05, 0) is 79.5 Å². The van der Waals surface area contributed by atoms with Crippen LogP contribution in [0.15, 0.2) is 60.3 Å². The van der Waals surface area contributed by atoms with Crippen LogP contribution in [-0.2, 0) is 9.53 Å². The summed E-state index contributed by atoms with van der Waals surface area (Å²) >= 11 is 8.23. The van der Waals surface area contributed by atoms with Gasteiger partial charge < -0.3 is 18.9 Å². The number of thiazole rings is 1. The third kappa shape index (κ3) is 6.45. The quantitative estimate of drug-likeness (QED) is 0.227. The number of nitrogens with zero attached hydrogens (tertiary/aromatic N) is 2. The number of fused-ring (bicyclic) bond motifs is 1. The molecule has 0 radical (unpaired) electrons. The van der Waals surface area contributed by atoms with Gasteiger partial charge in [0.25, 0.3) is 5.56 Å². The van der Waals surface area contributed by atoms with Crippen LogP contribution in [0.5, 0.6) is 17.2 Å². The Hall–Kier alpha value is -3.33. The zero-order valence-corrected chi connectivity index (χ0v) is 27.1. The molecule has 41 heavy (non-hydrogen) atoms. The minimum atomic E-state index is -0.805. The van der Waals surface area contributed by atoms with Crippen molar-refractivity contribution < 1.29 is 23.7 Å². The Labute approximate surface area is 258 Å². The number of allylic oxidation sites excluding steroid dienone is 1. The first kappa shape index (κ1) is 30.6. The molecule has 0 unspecified atom stereocenters. The first-order chi connectivity index (χ1) is 19.6. The minimum Gasteiger partial charge on any atom is -0.493 e. The highest BCUT2D eigenvalue weighted by Gasteiger charge is 2.34. The first-order valence-electron chi connectivity index (χ1n) is 12.7. The van der Waals surface area contributed by atoms with Gasteiger partial charge in [-0.25, -0.2) is 9.79 Å². The molecule has 0 saturated carbocycles. The molecular formula is C30H28Br2N2O6S. The smallest absolute Gasteiger partial charge is 0.338 e. The van der Waals surface area contributed by atoms with Gasteiger partial charge in [-0.15, -0.1) is 6.42 Å². The van der Waals surface area contributed by atoms with Crippen LogP contribution in [0.1, 0.15) is 44.9 Å². The molecular weight excluding hydrogens is 676 g/mol. The van der Waals surface area contributed by atoms with Crippen molar-refractivity contribution in [3.8, 4) is 29.6 Å². The van der Waals surface area contributed by atoms with Crippen LogP contribution in [0.3, 0.4) is 0 Å². The second-order valence-corrected chi connectivity index (χ2v) is 12.0. The molecule has 3 aromatic rings. The maximum atomic E-state index is 14.1. The number of rotatable bonds is 9. The molecule has 0 N–H and O–H groups in total. The van der Waals surface area contributed by atoms with E-state index in [1.807, 2.05) is 32.0 Å². The van der Waals surface area contributed by atoms with Gasteiger partial charge in [-0.2, -0.15) is 0 Å². The lowest BCUT2D eigenvalue weighted by Gasteiger charge is -2.25. The molecule has 1 aliphatic rings. The highest BCUT2D eigenvalue weighted by molar-refractivity contribution is 9.11. The molecule has 0 saturated heterocycles. The number of methoxy groups -OCH3 is 1. The average molecular weight is 704 g/mol. The molecule has 0 fully saturated rings. The van der Waals surface area contributed by atoms with E-state index in [-0.39, 0.29) is 30.5 Å². The van der Waals surface area contributed by atoms with Crippen molar-refractivity contribution >= 4 is 55.2 Å². The van der Waals surface area contributed by atoms with Gasteiger partial charge in [0.05, 0.1) is 46.1 Å². The summed E-state index contributed by atoms with van der Waals surface area (Å²) in [5.74, 6) is 3.45. The molecule has 1 atom stereocenters. The predicted molar refractivity (Wildman–Crippen MR) is 165 cm³/mol. The minimum absolute atomic E-state index is 0.0583. The molecule has 2 heterocycles. The van der Waals surface area contributed by atoms with Gasteiger partial charge in [-0.3, -0.25) is 9.36 Å². The fraction of sp³-hybridized carbons (Fsp3) is 0.300. The Kier molecular flexibility index (Phi) is 9.79. The Morgan fingerprint density at radius 1 is 1.24 bits per heavy atom. The predicted octanol–water partition coefficient (Wildman–Crippen LogP) is 5.13. The Morgan fingerprint density at radius 2 is 2.00 bits per heavy atom. The number of carbonyl (C=O) groups is 1. The highest BCUT2D eigenvalue weighted by atomic mass is 79.9. The van der Waals surface area contributed by atoms with Gasteiger partial charge in [0.2, 0.25) is 0 Å². The lowest BCUT2D eigenvalue weighted by molar-refractivity contribution is -0.139. The summed E-state index contributed by atoms with van der Waals surface area (Å²) in [7, 11) is 1.54. The number of halogens is 2. The average Bonchev–Trinajstić information content (AvgIpc) is 3.21. The van der Waals surface area contributed by atoms with E-state index in [1.165, 1.54) is 15.9 Å². The molecule has 214 valence electrons. The van der Waals surface area contributed by atoms with Crippen molar-refractivity contribution in [2.24, 2.45) is 4.99 Å². The van der Waals surface area contributed by atoms with E-state index < -0.39 is 12.0 Å². The van der Waals surface area contributed by atoms with Crippen molar-refractivity contribution in [3.05, 3.63) is 81.4 Å². The summed E-state index contributed by atoms with van der Waals surface area (Å²) in [5, 5.41) is 0. The van der Waals surface area contributed by atoms with E-state index in [1.54, 1.807) is 39.2 Å². The molecule has 0 spiro atoms. The topological polar surface area (TPSA) is 88.3 Å². The summed E-state index contributed by atoms with van der Waals surface area (Å²) in [4.78, 5) is 32.4. The molecule has 8 nitrogen and oxygen atoms in total. The van der Waals surface area contributed by atoms with Crippen LogP contribution in [0.2, 0.25) is 0 Å². The molecule has 0 aliphatic carbocycles. The summed E-state index contributed by atoms with van der Waals surface area (Å²) in [6.45, 7) is 7.54. The van der Waals surface area contributed by atoms with E-state index in [4.69, 9.17) is 25.4 Å². The van der Waals surface area contributed by atoms with Crippen LogP contribution in [0, 0.1) is 12.3 Å². The lowest BCUT2D eigenvalue weighted by atomic mass is 9.95. The van der Waals surface area contributed by atoms with Crippen molar-refractivity contribution in [1.82, 2.24) is 4.57 Å². The summed E-state index contributed by atoms with van der Waals surface area (Å²) < 4.78 is 26.0. The maximum Gasteiger partial charge on any atom is 0.338 e. The Bertz CT molecular complexity index is 1750. The second kappa shape index (κ2) is 13.1. The fourth-order valence-corrected chi connectivity index (χ4v) is 6.82. The van der Waals surface area contributed by atoms with Gasteiger partial charge in [-0.1, -0.05) is 39.3 Å². The van der Waals surface area contributed by atoms with Crippen molar-refractivity contribution in [1.29, 1.82) is 0 Å². The SMILES string of the molecule is C#CCOc1c(Br)cc(Br)cc1/C=c1/sc2n(c1=O)[C@H](c1ccc(OC(C)C)c(OC)c1)C(C(=O)OCC)=C(C)N=2. The third-order valence-electron chi connectivity index (χ3n) is 6.01. The molecule has 1 aromatic heterocycles. The molecule has 4 rings (SSSR count). The molecule has 1 aliphatic heterocycles. The molecule has 0 amide bonds. The summed E-state index contributed by atoms with van der Waals surface area (Å²) in [5.41, 5.74) is 1.70. The summed E-state index contributed by atoms with van der Waals surface area (Å²) in [6, 6.07) is 8.22. The lowest BCUT2D eigenvalue weighted by Crippen LogP contribution is -2.40. The number of terminal acetylenes is 1. The Morgan fingerprint density at radius 3 is 2.66 bits per heavy atom. The number of esters is 1. The number of hydrogen-bond acceptors (Lipinski definition) is 8. The number of ether oxygens (including phenoxy) is 4. The van der Waals surface area contributed by atoms with Gasteiger partial charge in [0.1, 0.15) is 12.4 Å². The van der Waals surface area contributed by atoms with E-state index in [0.717, 1.165) is 4.47 Å². The standard InChI is InChI=1S/C30H28Br2N2O6S/c1-7-11-39-27-19(12-20(31)15-21(27)32)14-24-28(35)34-26(18-9-10-22(40-16(3)4)23(13-18)37-6)25(29(36)38-8-2)17(5)33-30(34)41-24/h1,9-10,12-16,26H,8,11H2,2-6H3/b24-14+/t26-/m1/s1. The van der Waals surface area contributed by atoms with Crippen molar-refractivity contribution in [2.45, 2.75) is 39.8 Å². The van der Waals surface area contributed by atoms with Crippen molar-refractivity contribution in [3.63, 3.8) is 0 Å². The largest absolute Gasteiger partial charge is 0.493 e. The molecule has 0 bridgehead atoms. The van der Waals surface area contributed by atoms with Crippen LogP contribution in [-0.4, -0.2) is 37.0 Å². The normalized spacial score (nSPS) is 14.8. The van der Waals surface area contributed by atoms with E-state index in [9.17, 15) is 9.59 Å². The fourth-order valence-electron chi connectivity index (χ4n) is 4.41. The number of carbonyl (C=O) groups excluding carboxylic acids is 1.